The average molecular weight is 506 g/mol. The highest BCUT2D eigenvalue weighted by molar-refractivity contribution is 6.25. The molecule has 4 aromatic rings. The third-order valence-corrected chi connectivity index (χ3v) is 7.95. The summed E-state index contributed by atoms with van der Waals surface area (Å²) in [6.07, 6.45) is 2.97. The number of halogens is 1. The molecule has 0 unspecified atom stereocenters. The van der Waals surface area contributed by atoms with Crippen LogP contribution in [-0.4, -0.2) is 23.9 Å². The number of rotatable bonds is 4. The summed E-state index contributed by atoms with van der Waals surface area (Å²) < 4.78 is 18.8. The molecule has 3 aliphatic carbocycles. The zero-order valence-electron chi connectivity index (χ0n) is 19.9. The summed E-state index contributed by atoms with van der Waals surface area (Å²) >= 11 is 0. The zero-order chi connectivity index (χ0) is 26.0. The summed E-state index contributed by atoms with van der Waals surface area (Å²) in [4.78, 5) is 41.9. The van der Waals surface area contributed by atoms with Crippen LogP contribution in [0.4, 0.5) is 10.1 Å². The molecule has 2 heterocycles. The van der Waals surface area contributed by atoms with Gasteiger partial charge in [-0.15, -0.1) is 0 Å². The van der Waals surface area contributed by atoms with Crippen LogP contribution in [-0.2, 0) is 15.0 Å². The predicted molar refractivity (Wildman–Crippen MR) is 136 cm³/mol. The molecule has 38 heavy (non-hydrogen) atoms. The number of nitrogens with zero attached hydrogens (tertiary/aromatic N) is 2. The van der Waals surface area contributed by atoms with Gasteiger partial charge in [-0.1, -0.05) is 48.5 Å². The molecule has 1 saturated heterocycles. The van der Waals surface area contributed by atoms with Gasteiger partial charge in [-0.2, -0.15) is 5.10 Å². The number of carbonyl (C=O) groups excluding carboxylic acids is 3. The van der Waals surface area contributed by atoms with Crippen molar-refractivity contribution in [1.82, 2.24) is 5.43 Å². The lowest BCUT2D eigenvalue weighted by Gasteiger charge is -2.52. The molecule has 2 bridgehead atoms. The second-order valence-corrected chi connectivity index (χ2v) is 9.69. The fourth-order valence-corrected chi connectivity index (χ4v) is 6.55. The van der Waals surface area contributed by atoms with Gasteiger partial charge in [-0.25, -0.2) is 14.7 Å². The van der Waals surface area contributed by atoms with Crippen LogP contribution in [0.3, 0.4) is 0 Å². The summed E-state index contributed by atoms with van der Waals surface area (Å²) in [6, 6.07) is 24.0. The molecule has 3 aromatic carbocycles. The SMILES string of the molecule is O=C(N/N=C\C12c3ccccc3C(c3ccccc31)[C@H]1C(=O)N(c3ccc(F)cc3)C(=O)[C@H]12)c1ccco1. The first-order valence-electron chi connectivity index (χ1n) is 12.2. The van der Waals surface area contributed by atoms with Gasteiger partial charge in [0, 0.05) is 12.1 Å². The van der Waals surface area contributed by atoms with Gasteiger partial charge < -0.3 is 4.42 Å². The van der Waals surface area contributed by atoms with E-state index in [4.69, 9.17) is 4.42 Å². The molecule has 1 fully saturated rings. The molecule has 0 radical (unpaired) electrons. The molecule has 3 amide bonds. The van der Waals surface area contributed by atoms with Crippen LogP contribution < -0.4 is 10.3 Å². The number of hydrazone groups is 1. The highest BCUT2D eigenvalue weighted by Crippen LogP contribution is 2.63. The summed E-state index contributed by atoms with van der Waals surface area (Å²) in [6.45, 7) is 0. The number of hydrogen-bond donors (Lipinski definition) is 1. The number of furan rings is 1. The van der Waals surface area contributed by atoms with E-state index in [9.17, 15) is 18.8 Å². The molecule has 0 spiro atoms. The predicted octanol–water partition coefficient (Wildman–Crippen LogP) is 4.39. The van der Waals surface area contributed by atoms with Crippen LogP contribution in [0.2, 0.25) is 0 Å². The largest absolute Gasteiger partial charge is 0.459 e. The quantitative estimate of drug-likeness (QED) is 0.253. The van der Waals surface area contributed by atoms with Crippen molar-refractivity contribution in [3.05, 3.63) is 125 Å². The minimum atomic E-state index is -1.12. The van der Waals surface area contributed by atoms with Crippen LogP contribution in [0.1, 0.15) is 38.7 Å². The van der Waals surface area contributed by atoms with E-state index in [1.807, 2.05) is 48.5 Å². The number of hydrogen-bond acceptors (Lipinski definition) is 5. The molecule has 1 aliphatic heterocycles. The maximum atomic E-state index is 14.2. The van der Waals surface area contributed by atoms with Crippen molar-refractivity contribution in [3.63, 3.8) is 0 Å². The Labute approximate surface area is 216 Å². The Kier molecular flexibility index (Phi) is 4.75. The summed E-state index contributed by atoms with van der Waals surface area (Å²) in [5.74, 6) is -3.44. The molecule has 1 aromatic heterocycles. The number of benzene rings is 3. The molecule has 8 heteroatoms. The minimum absolute atomic E-state index is 0.0975. The topological polar surface area (TPSA) is 92.0 Å². The van der Waals surface area contributed by atoms with Crippen LogP contribution in [0.5, 0.6) is 0 Å². The minimum Gasteiger partial charge on any atom is -0.459 e. The Bertz CT molecular complexity index is 1600. The van der Waals surface area contributed by atoms with Crippen molar-refractivity contribution >= 4 is 29.6 Å². The van der Waals surface area contributed by atoms with E-state index in [1.165, 1.54) is 41.5 Å². The van der Waals surface area contributed by atoms with Crippen molar-refractivity contribution in [2.24, 2.45) is 16.9 Å². The van der Waals surface area contributed by atoms with Gasteiger partial charge in [0.25, 0.3) is 0 Å². The standard InChI is InChI=1S/C30H20FN3O4/c31-17-11-13-18(14-12-17)34-28(36)25-24-19-6-1-3-8-21(19)30(26(25)29(34)37,22-9-4-2-7-20(22)24)16-32-33-27(35)23-10-5-15-38-23/h1-16,24-26H,(H,33,35)/b32-16-/t24?,25-,26+,30?/m1/s1. The first-order chi connectivity index (χ1) is 18.5. The number of anilines is 1. The molecule has 4 aliphatic rings. The van der Waals surface area contributed by atoms with Gasteiger partial charge in [0.1, 0.15) is 5.82 Å². The Morgan fingerprint density at radius 2 is 1.55 bits per heavy atom. The summed E-state index contributed by atoms with van der Waals surface area (Å²) in [7, 11) is 0. The third kappa shape index (κ3) is 2.88. The molecule has 186 valence electrons. The Balaban J connectivity index is 1.43. The molecule has 8 rings (SSSR count). The van der Waals surface area contributed by atoms with E-state index in [0.29, 0.717) is 5.69 Å². The molecule has 2 atom stereocenters. The van der Waals surface area contributed by atoms with E-state index in [2.05, 4.69) is 10.5 Å². The summed E-state index contributed by atoms with van der Waals surface area (Å²) in [5, 5.41) is 4.33. The Hall–Kier alpha value is -4.85. The van der Waals surface area contributed by atoms with Gasteiger partial charge in [0.15, 0.2) is 5.76 Å². The van der Waals surface area contributed by atoms with E-state index in [0.717, 1.165) is 22.3 Å². The van der Waals surface area contributed by atoms with E-state index in [1.54, 1.807) is 12.3 Å². The monoisotopic (exact) mass is 505 g/mol. The number of amides is 3. The lowest BCUT2D eigenvalue weighted by molar-refractivity contribution is -0.122. The number of nitrogens with one attached hydrogen (secondary N) is 1. The first kappa shape index (κ1) is 22.4. The second-order valence-electron chi connectivity index (χ2n) is 9.69. The van der Waals surface area contributed by atoms with Crippen molar-refractivity contribution in [3.8, 4) is 0 Å². The van der Waals surface area contributed by atoms with Crippen molar-refractivity contribution in [2.75, 3.05) is 4.90 Å². The lowest BCUT2D eigenvalue weighted by Crippen LogP contribution is -2.54. The third-order valence-electron chi connectivity index (χ3n) is 7.95. The molecular weight excluding hydrogens is 485 g/mol. The fraction of sp³-hybridized carbons (Fsp3) is 0.133. The van der Waals surface area contributed by atoms with E-state index in [-0.39, 0.29) is 23.5 Å². The van der Waals surface area contributed by atoms with Crippen LogP contribution in [0.15, 0.2) is 101 Å². The van der Waals surface area contributed by atoms with Gasteiger partial charge in [0.05, 0.1) is 29.2 Å². The highest BCUT2D eigenvalue weighted by Gasteiger charge is 2.68. The smallest absolute Gasteiger partial charge is 0.307 e. The van der Waals surface area contributed by atoms with Gasteiger partial charge in [-0.05, 0) is 58.7 Å². The van der Waals surface area contributed by atoms with E-state index < -0.39 is 29.0 Å². The van der Waals surface area contributed by atoms with Gasteiger partial charge in [0.2, 0.25) is 11.8 Å². The number of carbonyl (C=O) groups is 3. The molecular formula is C30H20FN3O4. The molecule has 1 N–H and O–H groups in total. The summed E-state index contributed by atoms with van der Waals surface area (Å²) in [5.41, 5.74) is 5.32. The van der Waals surface area contributed by atoms with Crippen LogP contribution in [0, 0.1) is 17.7 Å². The first-order valence-corrected chi connectivity index (χ1v) is 12.2. The van der Waals surface area contributed by atoms with Crippen molar-refractivity contribution in [1.29, 1.82) is 0 Å². The highest BCUT2D eigenvalue weighted by atomic mass is 19.1. The lowest BCUT2D eigenvalue weighted by atomic mass is 9.47. The fourth-order valence-electron chi connectivity index (χ4n) is 6.55. The second kappa shape index (κ2) is 8.08. The zero-order valence-corrected chi connectivity index (χ0v) is 19.9. The van der Waals surface area contributed by atoms with E-state index >= 15 is 0 Å². The molecule has 7 nitrogen and oxygen atoms in total. The van der Waals surface area contributed by atoms with Crippen molar-refractivity contribution < 1.29 is 23.2 Å². The average Bonchev–Trinajstić information content (AvgIpc) is 3.57. The van der Waals surface area contributed by atoms with Crippen LogP contribution >= 0.6 is 0 Å². The van der Waals surface area contributed by atoms with Gasteiger partial charge >= 0.3 is 5.91 Å². The Morgan fingerprint density at radius 1 is 0.895 bits per heavy atom. The Morgan fingerprint density at radius 3 is 2.18 bits per heavy atom. The van der Waals surface area contributed by atoms with Crippen LogP contribution in [0.25, 0.3) is 0 Å². The maximum absolute atomic E-state index is 14.2. The van der Waals surface area contributed by atoms with Crippen molar-refractivity contribution in [2.45, 2.75) is 11.3 Å². The van der Waals surface area contributed by atoms with Gasteiger partial charge in [-0.3, -0.25) is 14.4 Å². The number of imide groups is 1. The maximum Gasteiger partial charge on any atom is 0.307 e. The normalized spacial score (nSPS) is 24.9. The molecule has 0 saturated carbocycles.